The highest BCUT2D eigenvalue weighted by Gasteiger charge is 2.33. The summed E-state index contributed by atoms with van der Waals surface area (Å²) in [6.07, 6.45) is 2.12. The molecule has 2 aliphatic heterocycles. The smallest absolute Gasteiger partial charge is 0.355 e. The summed E-state index contributed by atoms with van der Waals surface area (Å²) in [4.78, 5) is 40.1. The van der Waals surface area contributed by atoms with Gasteiger partial charge in [-0.1, -0.05) is 6.92 Å². The number of esters is 2. The molecule has 0 bridgehead atoms. The molecule has 0 saturated carbocycles. The van der Waals surface area contributed by atoms with E-state index in [4.69, 9.17) is 14.2 Å². The Morgan fingerprint density at radius 3 is 2.53 bits per heavy atom. The van der Waals surface area contributed by atoms with Gasteiger partial charge >= 0.3 is 17.9 Å². The summed E-state index contributed by atoms with van der Waals surface area (Å²) in [6, 6.07) is 4.94. The van der Waals surface area contributed by atoms with E-state index in [1.54, 1.807) is 12.1 Å². The maximum Gasteiger partial charge on any atom is 0.355 e. The molecule has 0 amide bonds. The number of ether oxygens (including phenoxy) is 3. The van der Waals surface area contributed by atoms with E-state index in [9.17, 15) is 19.5 Å². The van der Waals surface area contributed by atoms with Crippen LogP contribution in [0.4, 0.5) is 11.4 Å². The van der Waals surface area contributed by atoms with Crippen LogP contribution in [-0.2, 0) is 23.8 Å². The molecule has 1 unspecified atom stereocenters. The van der Waals surface area contributed by atoms with E-state index in [-0.39, 0.29) is 30.2 Å². The van der Waals surface area contributed by atoms with Gasteiger partial charge in [-0.3, -0.25) is 0 Å². The van der Waals surface area contributed by atoms with E-state index in [2.05, 4.69) is 11.8 Å². The zero-order chi connectivity index (χ0) is 21.8. The first-order valence-electron chi connectivity index (χ1n) is 9.74. The van der Waals surface area contributed by atoms with E-state index in [0.29, 0.717) is 17.3 Å². The van der Waals surface area contributed by atoms with Crippen molar-refractivity contribution in [1.82, 2.24) is 0 Å². The Hall–Kier alpha value is -3.07. The average molecular weight is 418 g/mol. The minimum Gasteiger partial charge on any atom is -0.478 e. The van der Waals surface area contributed by atoms with Crippen LogP contribution in [0.15, 0.2) is 29.5 Å². The minimum atomic E-state index is -1.07. The maximum atomic E-state index is 12.4. The van der Waals surface area contributed by atoms with Crippen molar-refractivity contribution in [2.24, 2.45) is 5.92 Å². The number of carbonyl (C=O) groups excluding carboxylic acids is 2. The molecule has 162 valence electrons. The van der Waals surface area contributed by atoms with E-state index in [0.717, 1.165) is 25.9 Å². The van der Waals surface area contributed by atoms with E-state index in [1.165, 1.54) is 25.2 Å². The number of hydrogen-bond donors (Lipinski definition) is 1. The number of methoxy groups -OCH3 is 2. The lowest BCUT2D eigenvalue weighted by molar-refractivity contribution is -0.140. The first kappa shape index (κ1) is 21.6. The monoisotopic (exact) mass is 418 g/mol. The highest BCUT2D eigenvalue weighted by atomic mass is 16.5. The molecule has 0 aromatic heterocycles. The van der Waals surface area contributed by atoms with E-state index < -0.39 is 17.9 Å². The largest absolute Gasteiger partial charge is 0.478 e. The van der Waals surface area contributed by atoms with Gasteiger partial charge in [-0.05, 0) is 37.0 Å². The van der Waals surface area contributed by atoms with Crippen LogP contribution in [0.5, 0.6) is 0 Å². The van der Waals surface area contributed by atoms with Crippen molar-refractivity contribution in [1.29, 1.82) is 0 Å². The molecule has 2 aliphatic rings. The molecular weight excluding hydrogens is 392 g/mol. The minimum absolute atomic E-state index is 0.0152. The quantitative estimate of drug-likeness (QED) is 0.719. The second kappa shape index (κ2) is 9.17. The molecule has 3 rings (SSSR count). The number of piperidine rings is 1. The molecule has 1 fully saturated rings. The molecule has 1 aromatic carbocycles. The van der Waals surface area contributed by atoms with Gasteiger partial charge in [-0.2, -0.15) is 0 Å². The number of carboxylic acid groups (broad SMARTS) is 1. The van der Waals surface area contributed by atoms with Crippen LogP contribution in [0.25, 0.3) is 0 Å². The molecule has 2 heterocycles. The van der Waals surface area contributed by atoms with Crippen molar-refractivity contribution < 1.29 is 33.7 Å². The molecule has 9 nitrogen and oxygen atoms in total. The topological polar surface area (TPSA) is 106 Å². The van der Waals surface area contributed by atoms with E-state index in [1.807, 2.05) is 0 Å². The summed E-state index contributed by atoms with van der Waals surface area (Å²) in [5.74, 6) is -2.03. The van der Waals surface area contributed by atoms with Crippen LogP contribution in [0.1, 0.15) is 30.1 Å². The summed E-state index contributed by atoms with van der Waals surface area (Å²) in [5, 5.41) is 9.83. The predicted molar refractivity (Wildman–Crippen MR) is 108 cm³/mol. The predicted octanol–water partition coefficient (Wildman–Crippen LogP) is 2.02. The summed E-state index contributed by atoms with van der Waals surface area (Å²) < 4.78 is 15.1. The standard InChI is InChI=1S/C21H26N2O7/c1-13-5-4-8-22(10-13)17-7-6-14(9-15(17)19(24)25)23-12-30-11-16(20(26)28-2)18(23)21(27)29-3/h6-7,9,13H,4-5,8,10-12H2,1-3H3,(H,24,25). The third-order valence-electron chi connectivity index (χ3n) is 5.35. The Balaban J connectivity index is 2.05. The third kappa shape index (κ3) is 4.25. The SMILES string of the molecule is COC(=O)C1=C(C(=O)OC)N(c2ccc(N3CCCC(C)C3)c(C(=O)O)c2)COC1. The lowest BCUT2D eigenvalue weighted by atomic mass is 9.98. The molecule has 1 N–H and O–H groups in total. The van der Waals surface area contributed by atoms with Crippen molar-refractivity contribution in [3.8, 4) is 0 Å². The number of nitrogens with zero attached hydrogens (tertiary/aromatic N) is 2. The van der Waals surface area contributed by atoms with Crippen molar-refractivity contribution in [3.05, 3.63) is 35.0 Å². The Bertz CT molecular complexity index is 880. The van der Waals surface area contributed by atoms with E-state index >= 15 is 0 Å². The van der Waals surface area contributed by atoms with Crippen LogP contribution in [0.3, 0.4) is 0 Å². The van der Waals surface area contributed by atoms with Crippen LogP contribution in [0.2, 0.25) is 0 Å². The maximum absolute atomic E-state index is 12.4. The van der Waals surface area contributed by atoms with Crippen LogP contribution < -0.4 is 9.80 Å². The number of rotatable bonds is 5. The van der Waals surface area contributed by atoms with Gasteiger partial charge in [0.1, 0.15) is 12.4 Å². The normalized spacial score (nSPS) is 19.5. The van der Waals surface area contributed by atoms with Gasteiger partial charge in [0.15, 0.2) is 0 Å². The second-order valence-electron chi connectivity index (χ2n) is 7.42. The van der Waals surface area contributed by atoms with Crippen LogP contribution >= 0.6 is 0 Å². The van der Waals surface area contributed by atoms with Gasteiger partial charge in [-0.15, -0.1) is 0 Å². The molecular formula is C21H26N2O7. The Labute approximate surface area is 174 Å². The molecule has 0 radical (unpaired) electrons. The van der Waals surface area contributed by atoms with Crippen LogP contribution in [-0.4, -0.2) is 63.7 Å². The van der Waals surface area contributed by atoms with Crippen molar-refractivity contribution in [2.75, 3.05) is 50.4 Å². The Kier molecular flexibility index (Phi) is 6.61. The highest BCUT2D eigenvalue weighted by molar-refractivity contribution is 6.04. The van der Waals surface area contributed by atoms with Gasteiger partial charge in [0.05, 0.1) is 37.7 Å². The molecule has 1 saturated heterocycles. The van der Waals surface area contributed by atoms with Gasteiger partial charge in [0.2, 0.25) is 0 Å². The number of benzene rings is 1. The first-order chi connectivity index (χ1) is 14.4. The van der Waals surface area contributed by atoms with Crippen molar-refractivity contribution in [2.45, 2.75) is 19.8 Å². The molecule has 0 spiro atoms. The number of carboxylic acids is 1. The summed E-state index contributed by atoms with van der Waals surface area (Å²) in [5.41, 5.74) is 1.15. The first-order valence-corrected chi connectivity index (χ1v) is 9.74. The Morgan fingerprint density at radius 1 is 1.17 bits per heavy atom. The second-order valence-corrected chi connectivity index (χ2v) is 7.42. The molecule has 30 heavy (non-hydrogen) atoms. The van der Waals surface area contributed by atoms with Crippen molar-refractivity contribution >= 4 is 29.3 Å². The number of carbonyl (C=O) groups is 3. The zero-order valence-corrected chi connectivity index (χ0v) is 17.3. The van der Waals surface area contributed by atoms with Gasteiger partial charge in [0, 0.05) is 18.8 Å². The fourth-order valence-corrected chi connectivity index (χ4v) is 3.89. The fourth-order valence-electron chi connectivity index (χ4n) is 3.89. The van der Waals surface area contributed by atoms with Gasteiger partial charge in [-0.25, -0.2) is 14.4 Å². The number of anilines is 2. The number of aromatic carboxylic acids is 1. The lowest BCUT2D eigenvalue weighted by Crippen LogP contribution is -2.39. The fraction of sp³-hybridized carbons (Fsp3) is 0.476. The Morgan fingerprint density at radius 2 is 1.90 bits per heavy atom. The summed E-state index contributed by atoms with van der Waals surface area (Å²) in [7, 11) is 2.42. The van der Waals surface area contributed by atoms with Crippen LogP contribution in [0, 0.1) is 5.92 Å². The molecule has 9 heteroatoms. The zero-order valence-electron chi connectivity index (χ0n) is 17.3. The summed E-state index contributed by atoms with van der Waals surface area (Å²) >= 11 is 0. The lowest BCUT2D eigenvalue weighted by Gasteiger charge is -2.35. The average Bonchev–Trinajstić information content (AvgIpc) is 2.77. The molecule has 1 aromatic rings. The number of hydrogen-bond acceptors (Lipinski definition) is 8. The van der Waals surface area contributed by atoms with Crippen molar-refractivity contribution in [3.63, 3.8) is 0 Å². The molecule has 0 aliphatic carbocycles. The summed E-state index contributed by atoms with van der Waals surface area (Å²) in [6.45, 7) is 3.57. The third-order valence-corrected chi connectivity index (χ3v) is 5.35. The highest BCUT2D eigenvalue weighted by Crippen LogP contribution is 2.33. The van der Waals surface area contributed by atoms with Gasteiger partial charge in [0.25, 0.3) is 0 Å². The molecule has 1 atom stereocenters. The van der Waals surface area contributed by atoms with Gasteiger partial charge < -0.3 is 29.1 Å².